The zero-order valence-electron chi connectivity index (χ0n) is 16.4. The summed E-state index contributed by atoms with van der Waals surface area (Å²) in [5, 5.41) is 1.03. The lowest BCUT2D eigenvalue weighted by molar-refractivity contribution is -0.0396. The Balaban J connectivity index is 1.83. The highest BCUT2D eigenvalue weighted by molar-refractivity contribution is 7.26. The van der Waals surface area contributed by atoms with E-state index in [4.69, 9.17) is 26.1 Å². The number of pyridine rings is 1. The molecular formula is C18H24N8O2S. The van der Waals surface area contributed by atoms with Gasteiger partial charge in [0.05, 0.1) is 35.6 Å². The molecule has 29 heavy (non-hydrogen) atoms. The first-order valence-electron chi connectivity index (χ1n) is 9.56. The van der Waals surface area contributed by atoms with Gasteiger partial charge in [0.25, 0.3) is 0 Å². The summed E-state index contributed by atoms with van der Waals surface area (Å²) in [6.45, 7) is 7.77. The normalized spacial score (nSPS) is 18.8. The van der Waals surface area contributed by atoms with Crippen molar-refractivity contribution in [2.75, 3.05) is 42.1 Å². The summed E-state index contributed by atoms with van der Waals surface area (Å²) in [5.41, 5.74) is 8.08. The van der Waals surface area contributed by atoms with E-state index in [0.717, 1.165) is 51.3 Å². The Kier molecular flexibility index (Phi) is 4.44. The zero-order valence-corrected chi connectivity index (χ0v) is 17.2. The van der Waals surface area contributed by atoms with Crippen molar-refractivity contribution in [3.05, 3.63) is 11.1 Å². The quantitative estimate of drug-likeness (QED) is 0.367. The number of anilines is 3. The van der Waals surface area contributed by atoms with E-state index in [9.17, 15) is 0 Å². The van der Waals surface area contributed by atoms with Gasteiger partial charge in [0.15, 0.2) is 5.82 Å². The van der Waals surface area contributed by atoms with Crippen LogP contribution in [0.1, 0.15) is 25.0 Å². The van der Waals surface area contributed by atoms with Crippen LogP contribution in [0.4, 0.5) is 17.6 Å². The van der Waals surface area contributed by atoms with Gasteiger partial charge in [0, 0.05) is 30.5 Å². The van der Waals surface area contributed by atoms with Crippen LogP contribution in [0.25, 0.3) is 20.4 Å². The molecular weight excluding hydrogens is 392 g/mol. The van der Waals surface area contributed by atoms with Crippen molar-refractivity contribution >= 4 is 49.4 Å². The van der Waals surface area contributed by atoms with Crippen molar-refractivity contribution in [2.24, 2.45) is 11.7 Å². The Hall–Kier alpha value is -2.31. The first-order valence-corrected chi connectivity index (χ1v) is 10.4. The summed E-state index contributed by atoms with van der Waals surface area (Å²) < 4.78 is 12.6. The summed E-state index contributed by atoms with van der Waals surface area (Å²) >= 11 is 1.54. The van der Waals surface area contributed by atoms with E-state index in [1.165, 1.54) is 16.9 Å². The Morgan fingerprint density at radius 2 is 1.86 bits per heavy atom. The number of hydrogen-bond acceptors (Lipinski definition) is 11. The number of fused-ring (bicyclic) bond motifs is 5. The molecule has 154 valence electrons. The van der Waals surface area contributed by atoms with Gasteiger partial charge in [-0.3, -0.25) is 5.43 Å². The molecule has 0 unspecified atom stereocenters. The zero-order chi connectivity index (χ0) is 20.2. The molecule has 3 aromatic rings. The monoisotopic (exact) mass is 416 g/mol. The fourth-order valence-corrected chi connectivity index (χ4v) is 5.15. The van der Waals surface area contributed by atoms with Gasteiger partial charge in [-0.15, -0.1) is 11.3 Å². The van der Waals surface area contributed by atoms with Crippen molar-refractivity contribution in [3.8, 4) is 0 Å². The van der Waals surface area contributed by atoms with Crippen molar-refractivity contribution in [1.29, 1.82) is 0 Å². The van der Waals surface area contributed by atoms with Crippen molar-refractivity contribution in [3.63, 3.8) is 0 Å². The number of hydrazine groups is 2. The molecule has 11 heteroatoms. The Labute approximate surface area is 171 Å². The predicted octanol–water partition coefficient (Wildman–Crippen LogP) is 1.50. The van der Waals surface area contributed by atoms with E-state index < -0.39 is 0 Å². The molecule has 6 N–H and O–H groups in total. The molecule has 0 bridgehead atoms. The number of nitrogen functional groups attached to an aromatic ring is 2. The average molecular weight is 417 g/mol. The number of rotatable bonds is 3. The molecule has 1 fully saturated rings. The van der Waals surface area contributed by atoms with Gasteiger partial charge in [0.2, 0.25) is 5.95 Å². The lowest BCUT2D eigenvalue weighted by atomic mass is 9.90. The second-order valence-electron chi connectivity index (χ2n) is 7.86. The average Bonchev–Trinajstić information content (AvgIpc) is 3.11. The second kappa shape index (κ2) is 6.89. The van der Waals surface area contributed by atoms with E-state index in [2.05, 4.69) is 39.6 Å². The predicted molar refractivity (Wildman–Crippen MR) is 114 cm³/mol. The minimum absolute atomic E-state index is 0.269. The van der Waals surface area contributed by atoms with Crippen LogP contribution in [0, 0.1) is 0 Å². The molecule has 3 aromatic heterocycles. The lowest BCUT2D eigenvalue weighted by Gasteiger charge is -2.36. The molecule has 0 amide bonds. The molecule has 2 aliphatic rings. The van der Waals surface area contributed by atoms with Crippen molar-refractivity contribution < 1.29 is 9.47 Å². The molecule has 0 aromatic carbocycles. The first kappa shape index (κ1) is 18.7. The van der Waals surface area contributed by atoms with Gasteiger partial charge in [0.1, 0.15) is 10.6 Å². The molecule has 5 heterocycles. The highest BCUT2D eigenvalue weighted by atomic mass is 32.1. The first-order chi connectivity index (χ1) is 14.0. The van der Waals surface area contributed by atoms with Gasteiger partial charge < -0.3 is 19.8 Å². The number of ether oxygens (including phenoxy) is 2. The number of nitrogens with one attached hydrogen (secondary N) is 2. The van der Waals surface area contributed by atoms with Crippen LogP contribution < -0.4 is 27.4 Å². The van der Waals surface area contributed by atoms with Gasteiger partial charge in [-0.2, -0.15) is 4.98 Å². The van der Waals surface area contributed by atoms with Gasteiger partial charge in [-0.1, -0.05) is 0 Å². The number of thiophene rings is 1. The maximum atomic E-state index is 6.16. The molecule has 0 saturated carbocycles. The smallest absolute Gasteiger partial charge is 0.239 e. The second-order valence-corrected chi connectivity index (χ2v) is 8.86. The van der Waals surface area contributed by atoms with E-state index in [1.807, 2.05) is 0 Å². The summed E-state index contributed by atoms with van der Waals surface area (Å²) in [6, 6.07) is 0. The van der Waals surface area contributed by atoms with Gasteiger partial charge in [-0.25, -0.2) is 21.7 Å². The van der Waals surface area contributed by atoms with Crippen molar-refractivity contribution in [1.82, 2.24) is 15.0 Å². The molecule has 5 rings (SSSR count). The molecule has 0 spiro atoms. The third-order valence-electron chi connectivity index (χ3n) is 5.44. The SMILES string of the molecule is CC1(C)Cc2c(c(N3CCOCC3)nc3sc4c(NN)nc(NN)nc4c23)CO1. The van der Waals surface area contributed by atoms with E-state index in [0.29, 0.717) is 31.6 Å². The summed E-state index contributed by atoms with van der Waals surface area (Å²) in [5.74, 6) is 13.1. The number of hydrogen-bond donors (Lipinski definition) is 4. The van der Waals surface area contributed by atoms with Gasteiger partial charge in [-0.05, 0) is 19.4 Å². The molecule has 10 nitrogen and oxygen atoms in total. The van der Waals surface area contributed by atoms with Crippen LogP contribution in [0.15, 0.2) is 0 Å². The largest absolute Gasteiger partial charge is 0.378 e. The number of morpholine rings is 1. The third kappa shape index (κ3) is 3.06. The minimum Gasteiger partial charge on any atom is -0.378 e. The fraction of sp³-hybridized carbons (Fsp3) is 0.500. The molecule has 0 aliphatic carbocycles. The molecule has 1 saturated heterocycles. The standard InChI is InChI=1S/C18H24N8O2S/c1-18(2)7-9-10(8-28-18)15(26-3-5-27-6-4-26)23-16-11(9)12-13(29-16)14(24-19)22-17(21-12)25-20/h3-8,19-20H2,1-2H3,(H2,21,22,24,25). The molecule has 0 radical (unpaired) electrons. The summed E-state index contributed by atoms with van der Waals surface area (Å²) in [7, 11) is 0. The Morgan fingerprint density at radius 3 is 2.59 bits per heavy atom. The van der Waals surface area contributed by atoms with Crippen LogP contribution >= 0.6 is 11.3 Å². The van der Waals surface area contributed by atoms with E-state index in [-0.39, 0.29) is 5.60 Å². The maximum Gasteiger partial charge on any atom is 0.239 e. The topological polar surface area (TPSA) is 136 Å². The van der Waals surface area contributed by atoms with Crippen LogP contribution in [-0.4, -0.2) is 46.9 Å². The Bertz CT molecular complexity index is 1090. The van der Waals surface area contributed by atoms with Crippen LogP contribution in [0.2, 0.25) is 0 Å². The van der Waals surface area contributed by atoms with Crippen LogP contribution in [-0.2, 0) is 22.5 Å². The lowest BCUT2D eigenvalue weighted by Crippen LogP contribution is -2.39. The Morgan fingerprint density at radius 1 is 1.07 bits per heavy atom. The summed E-state index contributed by atoms with van der Waals surface area (Å²) in [6.07, 6.45) is 0.769. The summed E-state index contributed by atoms with van der Waals surface area (Å²) in [4.78, 5) is 17.2. The molecule has 2 aliphatic heterocycles. The number of nitrogens with zero attached hydrogens (tertiary/aromatic N) is 4. The highest BCUT2D eigenvalue weighted by Crippen LogP contribution is 2.44. The van der Waals surface area contributed by atoms with Crippen LogP contribution in [0.3, 0.4) is 0 Å². The maximum absolute atomic E-state index is 6.16. The van der Waals surface area contributed by atoms with E-state index in [1.54, 1.807) is 0 Å². The van der Waals surface area contributed by atoms with Crippen molar-refractivity contribution in [2.45, 2.75) is 32.5 Å². The van der Waals surface area contributed by atoms with Gasteiger partial charge >= 0.3 is 0 Å². The fourth-order valence-electron chi connectivity index (χ4n) is 4.06. The third-order valence-corrected chi connectivity index (χ3v) is 6.52. The number of aromatic nitrogens is 3. The number of nitrogens with two attached hydrogens (primary N) is 2. The van der Waals surface area contributed by atoms with E-state index >= 15 is 0 Å². The highest BCUT2D eigenvalue weighted by Gasteiger charge is 2.33. The molecule has 0 atom stereocenters. The minimum atomic E-state index is -0.269. The van der Waals surface area contributed by atoms with Crippen LogP contribution in [0.5, 0.6) is 0 Å².